The van der Waals surface area contributed by atoms with Crippen LogP contribution in [0.15, 0.2) is 41.3 Å². The average Bonchev–Trinajstić information content (AvgIpc) is 2.99. The Morgan fingerprint density at radius 1 is 1.19 bits per heavy atom. The Kier molecular flexibility index (Phi) is 8.24. The molecule has 0 radical (unpaired) electrons. The minimum atomic E-state index is -0.252. The fraction of sp³-hybridized carbons (Fsp3) is 0.190. The molecule has 0 unspecified atom stereocenters. The largest absolute Gasteiger partial charge is 0.497 e. The lowest BCUT2D eigenvalue weighted by molar-refractivity contribution is -0.122. The number of nitrogens with zero attached hydrogens (tertiary/aromatic N) is 1. The molecule has 1 fully saturated rings. The molecule has 2 aromatic carbocycles. The van der Waals surface area contributed by atoms with Crippen LogP contribution in [0.2, 0.25) is 15.1 Å². The van der Waals surface area contributed by atoms with E-state index in [4.69, 9.17) is 51.8 Å². The maximum atomic E-state index is 12.7. The minimum absolute atomic E-state index is 0.175. The van der Waals surface area contributed by atoms with Gasteiger partial charge in [0.1, 0.15) is 10.1 Å². The van der Waals surface area contributed by atoms with Gasteiger partial charge in [0.15, 0.2) is 0 Å². The van der Waals surface area contributed by atoms with Crippen LogP contribution in [0.3, 0.4) is 0 Å². The van der Waals surface area contributed by atoms with Crippen LogP contribution in [0.1, 0.15) is 18.4 Å². The molecule has 1 N–H and O–H groups in total. The Morgan fingerprint density at radius 3 is 2.68 bits per heavy atom. The first-order valence-electron chi connectivity index (χ1n) is 9.12. The number of rotatable bonds is 7. The highest BCUT2D eigenvalue weighted by Crippen LogP contribution is 2.34. The molecule has 0 aromatic heterocycles. The van der Waals surface area contributed by atoms with Gasteiger partial charge in [-0.2, -0.15) is 0 Å². The van der Waals surface area contributed by atoms with Gasteiger partial charge in [0.05, 0.1) is 32.8 Å². The second-order valence-electron chi connectivity index (χ2n) is 6.51. The molecule has 1 saturated heterocycles. The first-order valence-corrected chi connectivity index (χ1v) is 11.5. The van der Waals surface area contributed by atoms with Gasteiger partial charge in [-0.25, -0.2) is 0 Å². The number of methoxy groups -OCH3 is 1. The molecule has 0 saturated carbocycles. The second-order valence-corrected chi connectivity index (χ2v) is 9.41. The summed E-state index contributed by atoms with van der Waals surface area (Å²) < 4.78 is 5.67. The number of hydrogen-bond donors (Lipinski definition) is 1. The van der Waals surface area contributed by atoms with Crippen LogP contribution in [0.4, 0.5) is 5.69 Å². The zero-order valence-corrected chi connectivity index (χ0v) is 20.2. The first-order chi connectivity index (χ1) is 14.8. The molecule has 3 rings (SSSR count). The van der Waals surface area contributed by atoms with E-state index in [2.05, 4.69) is 5.32 Å². The summed E-state index contributed by atoms with van der Waals surface area (Å²) in [6, 6.07) is 10.4. The third kappa shape index (κ3) is 6.14. The summed E-state index contributed by atoms with van der Waals surface area (Å²) in [6.07, 6.45) is 2.40. The first kappa shape index (κ1) is 23.9. The van der Waals surface area contributed by atoms with Crippen molar-refractivity contribution in [2.75, 3.05) is 19.0 Å². The highest BCUT2D eigenvalue weighted by Gasteiger charge is 2.31. The smallest absolute Gasteiger partial charge is 0.266 e. The van der Waals surface area contributed by atoms with Gasteiger partial charge in [0, 0.05) is 13.0 Å². The molecule has 2 aromatic rings. The van der Waals surface area contributed by atoms with Crippen molar-refractivity contribution in [1.82, 2.24) is 4.90 Å². The summed E-state index contributed by atoms with van der Waals surface area (Å²) in [5.41, 5.74) is 1.23. The molecular formula is C21H17Cl3N2O3S2. The molecule has 2 amide bonds. The van der Waals surface area contributed by atoms with E-state index in [1.54, 1.807) is 13.2 Å². The maximum Gasteiger partial charge on any atom is 0.266 e. The zero-order valence-electron chi connectivity index (χ0n) is 16.3. The van der Waals surface area contributed by atoms with Crippen LogP contribution in [-0.2, 0) is 9.59 Å². The van der Waals surface area contributed by atoms with E-state index in [0.29, 0.717) is 48.7 Å². The summed E-state index contributed by atoms with van der Waals surface area (Å²) in [4.78, 5) is 27.0. The summed E-state index contributed by atoms with van der Waals surface area (Å²) >= 11 is 24.5. The van der Waals surface area contributed by atoms with E-state index in [0.717, 1.165) is 5.56 Å². The van der Waals surface area contributed by atoms with Crippen molar-refractivity contribution in [3.63, 3.8) is 0 Å². The molecule has 10 heteroatoms. The molecule has 162 valence electrons. The van der Waals surface area contributed by atoms with Gasteiger partial charge in [-0.15, -0.1) is 0 Å². The van der Waals surface area contributed by atoms with Gasteiger partial charge >= 0.3 is 0 Å². The highest BCUT2D eigenvalue weighted by molar-refractivity contribution is 8.26. The van der Waals surface area contributed by atoms with Gasteiger partial charge in [-0.1, -0.05) is 70.9 Å². The quantitative estimate of drug-likeness (QED) is 0.267. The number of nitrogens with one attached hydrogen (secondary N) is 1. The topological polar surface area (TPSA) is 58.6 Å². The van der Waals surface area contributed by atoms with Crippen molar-refractivity contribution in [2.24, 2.45) is 0 Å². The van der Waals surface area contributed by atoms with E-state index < -0.39 is 0 Å². The van der Waals surface area contributed by atoms with Crippen molar-refractivity contribution in [3.05, 3.63) is 61.9 Å². The summed E-state index contributed by atoms with van der Waals surface area (Å²) in [7, 11) is 1.59. The Balaban J connectivity index is 1.56. The van der Waals surface area contributed by atoms with Crippen LogP contribution in [0, 0.1) is 0 Å². The van der Waals surface area contributed by atoms with Gasteiger partial charge in [0.2, 0.25) is 5.91 Å². The molecule has 1 aliphatic heterocycles. The molecular weight excluding hydrogens is 499 g/mol. The van der Waals surface area contributed by atoms with Crippen molar-refractivity contribution in [3.8, 4) is 5.75 Å². The molecule has 0 aliphatic carbocycles. The van der Waals surface area contributed by atoms with Crippen LogP contribution >= 0.6 is 58.8 Å². The fourth-order valence-electron chi connectivity index (χ4n) is 2.80. The monoisotopic (exact) mass is 514 g/mol. The lowest BCUT2D eigenvalue weighted by Gasteiger charge is -2.14. The Morgan fingerprint density at radius 2 is 1.94 bits per heavy atom. The SMILES string of the molecule is COc1cccc(C=C2SC(=S)N(CCCC(=O)Nc3cc(Cl)c(Cl)cc3Cl)C2=O)c1. The Bertz CT molecular complexity index is 1080. The van der Waals surface area contributed by atoms with Crippen molar-refractivity contribution in [1.29, 1.82) is 0 Å². The number of benzene rings is 2. The third-order valence-electron chi connectivity index (χ3n) is 4.33. The van der Waals surface area contributed by atoms with E-state index in [9.17, 15) is 9.59 Å². The molecule has 31 heavy (non-hydrogen) atoms. The van der Waals surface area contributed by atoms with E-state index >= 15 is 0 Å². The molecule has 1 aliphatic rings. The summed E-state index contributed by atoms with van der Waals surface area (Å²) in [6.45, 7) is 0.336. The predicted octanol–water partition coefficient (Wildman–Crippen LogP) is 6.28. The number of ether oxygens (including phenoxy) is 1. The number of hydrogen-bond acceptors (Lipinski definition) is 5. The summed E-state index contributed by atoms with van der Waals surface area (Å²) in [5.74, 6) is 0.278. The lowest BCUT2D eigenvalue weighted by Crippen LogP contribution is -2.29. The molecule has 1 heterocycles. The van der Waals surface area contributed by atoms with Crippen LogP contribution in [0.25, 0.3) is 6.08 Å². The van der Waals surface area contributed by atoms with Gasteiger partial charge in [-0.3, -0.25) is 14.5 Å². The average molecular weight is 516 g/mol. The van der Waals surface area contributed by atoms with Gasteiger partial charge in [0.25, 0.3) is 5.91 Å². The third-order valence-corrected chi connectivity index (χ3v) is 6.75. The number of carbonyl (C=O) groups excluding carboxylic acids is 2. The zero-order chi connectivity index (χ0) is 22.5. The lowest BCUT2D eigenvalue weighted by atomic mass is 10.2. The molecule has 0 bridgehead atoms. The summed E-state index contributed by atoms with van der Waals surface area (Å²) in [5, 5.41) is 3.59. The standard InChI is InChI=1S/C21H17Cl3N2O3S2/c1-29-13-5-2-4-12(8-13)9-18-20(28)26(21(30)31-18)7-3-6-19(27)25-17-11-15(23)14(22)10-16(17)24/h2,4-5,8-11H,3,6-7H2,1H3,(H,25,27). The maximum absolute atomic E-state index is 12.7. The van der Waals surface area contributed by atoms with Crippen molar-refractivity contribution in [2.45, 2.75) is 12.8 Å². The van der Waals surface area contributed by atoms with Crippen LogP contribution in [-0.4, -0.2) is 34.7 Å². The minimum Gasteiger partial charge on any atom is -0.497 e. The normalized spacial score (nSPS) is 15.0. The van der Waals surface area contributed by atoms with Crippen LogP contribution < -0.4 is 10.1 Å². The number of amides is 2. The van der Waals surface area contributed by atoms with E-state index in [1.165, 1.54) is 28.8 Å². The number of halogens is 3. The molecule has 0 spiro atoms. The second kappa shape index (κ2) is 10.7. The fourth-order valence-corrected chi connectivity index (χ4v) is 4.71. The molecule has 0 atom stereocenters. The number of anilines is 1. The number of thioether (sulfide) groups is 1. The van der Waals surface area contributed by atoms with E-state index in [1.807, 2.05) is 24.3 Å². The van der Waals surface area contributed by atoms with Gasteiger partial charge in [-0.05, 0) is 42.3 Å². The van der Waals surface area contributed by atoms with Crippen molar-refractivity contribution < 1.29 is 14.3 Å². The number of thiocarbonyl (C=S) groups is 1. The molecule has 5 nitrogen and oxygen atoms in total. The predicted molar refractivity (Wildman–Crippen MR) is 132 cm³/mol. The highest BCUT2D eigenvalue weighted by atomic mass is 35.5. The number of carbonyl (C=O) groups is 2. The van der Waals surface area contributed by atoms with E-state index in [-0.39, 0.29) is 18.2 Å². The van der Waals surface area contributed by atoms with Crippen molar-refractivity contribution >= 4 is 86.7 Å². The van der Waals surface area contributed by atoms with Gasteiger partial charge < -0.3 is 10.1 Å². The Labute approximate surface area is 204 Å². The Hall–Kier alpha value is -1.77. The van der Waals surface area contributed by atoms with Crippen LogP contribution in [0.5, 0.6) is 5.75 Å².